The van der Waals surface area contributed by atoms with Crippen molar-refractivity contribution >= 4 is 10.9 Å². The summed E-state index contributed by atoms with van der Waals surface area (Å²) in [5.74, 6) is 0.686. The molecule has 0 amide bonds. The van der Waals surface area contributed by atoms with Crippen molar-refractivity contribution in [3.05, 3.63) is 121 Å². The van der Waals surface area contributed by atoms with Gasteiger partial charge in [0.15, 0.2) is 0 Å². The molecule has 7 heteroatoms. The Bertz CT molecular complexity index is 1700. The topological polar surface area (TPSA) is 65.7 Å². The first-order chi connectivity index (χ1) is 18.7. The Labute approximate surface area is 261 Å². The number of rotatable bonds is 4. The summed E-state index contributed by atoms with van der Waals surface area (Å²) in [5, 5.41) is 1.15. The van der Waals surface area contributed by atoms with Crippen LogP contribution in [0.5, 0.6) is 0 Å². The molecule has 40 heavy (non-hydrogen) atoms. The largest absolute Gasteiger partial charge is 0.441 e. The first-order valence-electron chi connectivity index (χ1n) is 12.9. The quantitative estimate of drug-likeness (QED) is 0.177. The van der Waals surface area contributed by atoms with Crippen LogP contribution in [0.25, 0.3) is 44.9 Å². The third kappa shape index (κ3) is 5.35. The molecule has 2 aromatic carbocycles. The molecule has 1 aliphatic rings. The summed E-state index contributed by atoms with van der Waals surface area (Å²) in [6, 6.07) is 30.0. The number of para-hydroxylation sites is 1. The van der Waals surface area contributed by atoms with Crippen molar-refractivity contribution in [2.24, 2.45) is 0 Å². The second kappa shape index (κ2) is 12.9. The van der Waals surface area contributed by atoms with E-state index < -0.39 is 0 Å². The van der Waals surface area contributed by atoms with Crippen LogP contribution in [0.3, 0.4) is 0 Å². The number of nitrogens with zero attached hydrogens (tertiary/aromatic N) is 5. The van der Waals surface area contributed by atoms with Gasteiger partial charge in [0.2, 0.25) is 0 Å². The van der Waals surface area contributed by atoms with E-state index in [1.165, 1.54) is 11.1 Å². The summed E-state index contributed by atoms with van der Waals surface area (Å²) in [6.45, 7) is 4.53. The standard InChI is InChI=1S/C25H20N2.C8H6N3.2Ir/c1-3-25(4-2)20-11-7-6-10-19(20)24-21(25)15-18(16-26-24)23-14-13-17-9-5-8-12-22(17)27-23;1-2-4-9-7(3-1)8-10-5-6-11-8;;/h5-9,11-15H,3-4H2,1-2H3;1-6H;;/q-2;-1;;. The van der Waals surface area contributed by atoms with Gasteiger partial charge in [0.25, 0.3) is 0 Å². The number of aromatic nitrogens is 5. The fourth-order valence-electron chi connectivity index (χ4n) is 5.38. The zero-order valence-electron chi connectivity index (χ0n) is 22.1. The van der Waals surface area contributed by atoms with Crippen LogP contribution in [-0.2, 0) is 45.6 Å². The van der Waals surface area contributed by atoms with Gasteiger partial charge in [-0.05, 0) is 52.4 Å². The van der Waals surface area contributed by atoms with E-state index in [9.17, 15) is 0 Å². The average Bonchev–Trinajstić information content (AvgIpc) is 3.63. The molecule has 0 atom stereocenters. The number of hydrogen-bond acceptors (Lipinski definition) is 4. The van der Waals surface area contributed by atoms with Gasteiger partial charge in [-0.1, -0.05) is 75.5 Å². The van der Waals surface area contributed by atoms with Crippen molar-refractivity contribution in [3.8, 4) is 34.0 Å². The van der Waals surface area contributed by atoms with Gasteiger partial charge in [0.05, 0.1) is 11.2 Å². The predicted molar refractivity (Wildman–Crippen MR) is 150 cm³/mol. The van der Waals surface area contributed by atoms with Gasteiger partial charge in [-0.3, -0.25) is 9.97 Å². The van der Waals surface area contributed by atoms with Crippen LogP contribution >= 0.6 is 0 Å². The van der Waals surface area contributed by atoms with Gasteiger partial charge in [0.1, 0.15) is 0 Å². The van der Waals surface area contributed by atoms with Crippen LogP contribution in [0.2, 0.25) is 0 Å². The fraction of sp³-hybridized carbons (Fsp3) is 0.152. The van der Waals surface area contributed by atoms with Crippen LogP contribution in [-0.4, -0.2) is 19.9 Å². The Morgan fingerprint density at radius 1 is 0.800 bits per heavy atom. The number of fused-ring (bicyclic) bond motifs is 4. The van der Waals surface area contributed by atoms with E-state index in [1.807, 2.05) is 42.5 Å². The number of imidazole rings is 1. The second-order valence-corrected chi connectivity index (χ2v) is 9.28. The zero-order chi connectivity index (χ0) is 26.0. The minimum Gasteiger partial charge on any atom is -0.441 e. The van der Waals surface area contributed by atoms with E-state index in [-0.39, 0.29) is 45.6 Å². The Morgan fingerprint density at radius 2 is 1.62 bits per heavy atom. The van der Waals surface area contributed by atoms with E-state index in [2.05, 4.69) is 77.5 Å². The molecule has 4 heterocycles. The molecule has 0 spiro atoms. The summed E-state index contributed by atoms with van der Waals surface area (Å²) in [5.41, 5.74) is 8.47. The molecule has 0 bridgehead atoms. The van der Waals surface area contributed by atoms with E-state index in [0.717, 1.165) is 52.0 Å². The SMILES string of the molecule is CCC1(CC)c2ccc[c-]c2-c2n[c-]c(-c3ccc4ccccc4n3)cc21.[Ir].[Ir].c1ccc(-c2ncc[n-]2)nc1. The third-order valence-corrected chi connectivity index (χ3v) is 7.39. The van der Waals surface area contributed by atoms with E-state index in [4.69, 9.17) is 9.97 Å². The molecule has 6 aromatic rings. The predicted octanol–water partition coefficient (Wildman–Crippen LogP) is 7.08. The molecule has 0 saturated heterocycles. The molecule has 0 N–H and O–H groups in total. The van der Waals surface area contributed by atoms with E-state index >= 15 is 0 Å². The smallest absolute Gasteiger partial charge is 0.0620 e. The summed E-state index contributed by atoms with van der Waals surface area (Å²) in [4.78, 5) is 21.7. The maximum atomic E-state index is 4.84. The van der Waals surface area contributed by atoms with Crippen molar-refractivity contribution in [3.63, 3.8) is 0 Å². The maximum absolute atomic E-state index is 4.84. The van der Waals surface area contributed by atoms with Crippen LogP contribution in [0.4, 0.5) is 0 Å². The first-order valence-corrected chi connectivity index (χ1v) is 12.9. The minimum atomic E-state index is -0.00384. The van der Waals surface area contributed by atoms with Gasteiger partial charge in [-0.25, -0.2) is 0 Å². The molecule has 2 radical (unpaired) electrons. The molecule has 7 rings (SSSR count). The maximum Gasteiger partial charge on any atom is 0.0620 e. The number of pyridine rings is 3. The Kier molecular flexibility index (Phi) is 9.55. The van der Waals surface area contributed by atoms with Crippen molar-refractivity contribution in [2.45, 2.75) is 32.1 Å². The van der Waals surface area contributed by atoms with Gasteiger partial charge < -0.3 is 15.0 Å². The number of benzene rings is 2. The summed E-state index contributed by atoms with van der Waals surface area (Å²) in [6.07, 6.45) is 10.4. The summed E-state index contributed by atoms with van der Waals surface area (Å²) < 4.78 is 0. The fourth-order valence-corrected chi connectivity index (χ4v) is 5.38. The summed E-state index contributed by atoms with van der Waals surface area (Å²) in [7, 11) is 0. The average molecular weight is 877 g/mol. The molecule has 4 aromatic heterocycles. The van der Waals surface area contributed by atoms with Crippen LogP contribution in [0.15, 0.2) is 97.5 Å². The molecule has 0 saturated carbocycles. The molecule has 0 fully saturated rings. The molecule has 1 aliphatic carbocycles. The van der Waals surface area contributed by atoms with Crippen LogP contribution < -0.4 is 4.98 Å². The van der Waals surface area contributed by atoms with Crippen molar-refractivity contribution < 1.29 is 40.2 Å². The summed E-state index contributed by atoms with van der Waals surface area (Å²) >= 11 is 0. The Hall–Kier alpha value is -3.34. The van der Waals surface area contributed by atoms with Crippen molar-refractivity contribution in [1.82, 2.24) is 24.9 Å². The van der Waals surface area contributed by atoms with Gasteiger partial charge >= 0.3 is 0 Å². The minimum absolute atomic E-state index is 0. The molecule has 204 valence electrons. The van der Waals surface area contributed by atoms with Gasteiger partial charge in [0, 0.05) is 46.4 Å². The van der Waals surface area contributed by atoms with Crippen LogP contribution in [0, 0.1) is 12.3 Å². The number of hydrogen-bond donors (Lipinski definition) is 0. The van der Waals surface area contributed by atoms with Gasteiger partial charge in [-0.15, -0.1) is 52.6 Å². The molecular formula is C33H26Ir2N5-3. The molecule has 5 nitrogen and oxygen atoms in total. The second-order valence-electron chi connectivity index (χ2n) is 9.28. The Balaban J connectivity index is 0.000000241. The van der Waals surface area contributed by atoms with Crippen molar-refractivity contribution in [1.29, 1.82) is 0 Å². The Morgan fingerprint density at radius 3 is 2.38 bits per heavy atom. The van der Waals surface area contributed by atoms with Crippen LogP contribution in [0.1, 0.15) is 37.8 Å². The monoisotopic (exact) mass is 878 g/mol. The first kappa shape index (κ1) is 29.6. The third-order valence-electron chi connectivity index (χ3n) is 7.39. The normalized spacial score (nSPS) is 12.2. The van der Waals surface area contributed by atoms with E-state index in [1.54, 1.807) is 18.6 Å². The van der Waals surface area contributed by atoms with E-state index in [0.29, 0.717) is 5.82 Å². The molecule has 0 aliphatic heterocycles. The zero-order valence-corrected chi connectivity index (χ0v) is 26.8. The molecule has 0 unspecified atom stereocenters. The van der Waals surface area contributed by atoms with Gasteiger partial charge in [-0.2, -0.15) is 0 Å². The van der Waals surface area contributed by atoms with Crippen molar-refractivity contribution in [2.75, 3.05) is 0 Å². The molecular weight excluding hydrogens is 851 g/mol.